The maximum Gasteiger partial charge on any atom is 0.191 e. The van der Waals surface area contributed by atoms with Gasteiger partial charge in [0.2, 0.25) is 0 Å². The molecule has 2 aliphatic rings. The lowest BCUT2D eigenvalue weighted by molar-refractivity contribution is 0.229. The first-order chi connectivity index (χ1) is 8.66. The number of rotatable bonds is 2. The lowest BCUT2D eigenvalue weighted by Gasteiger charge is -2.31. The standard InChI is InChI=1S/C13H23N3OS.BrH/c1-10-3-5-16(6-4-10)13(14)15-9-12-11(2)17-7-8-18-12;/h10H,3-9H2,1-2H3,(H2,14,15);1H. The molecule has 0 bridgehead atoms. The minimum atomic E-state index is 0. The summed E-state index contributed by atoms with van der Waals surface area (Å²) in [5.74, 6) is 3.54. The average Bonchev–Trinajstić information content (AvgIpc) is 2.38. The molecule has 1 saturated heterocycles. The number of allylic oxidation sites excluding steroid dienone is 1. The minimum Gasteiger partial charge on any atom is -0.496 e. The van der Waals surface area contributed by atoms with Gasteiger partial charge < -0.3 is 15.4 Å². The Bertz CT molecular complexity index is 352. The molecule has 0 aromatic rings. The maximum absolute atomic E-state index is 6.06. The zero-order chi connectivity index (χ0) is 13.0. The van der Waals surface area contributed by atoms with Crippen LogP contribution < -0.4 is 5.73 Å². The molecule has 0 spiro atoms. The predicted molar refractivity (Wildman–Crippen MR) is 87.9 cm³/mol. The molecule has 2 aliphatic heterocycles. The van der Waals surface area contributed by atoms with Crippen molar-refractivity contribution in [2.24, 2.45) is 16.6 Å². The van der Waals surface area contributed by atoms with E-state index in [1.165, 1.54) is 17.7 Å². The number of halogens is 1. The monoisotopic (exact) mass is 349 g/mol. The quantitative estimate of drug-likeness (QED) is 0.614. The molecule has 0 aromatic heterocycles. The van der Waals surface area contributed by atoms with Gasteiger partial charge in [0.15, 0.2) is 5.96 Å². The van der Waals surface area contributed by atoms with Crippen LogP contribution in [0.25, 0.3) is 0 Å². The summed E-state index contributed by atoms with van der Waals surface area (Å²) in [6.45, 7) is 7.86. The summed E-state index contributed by atoms with van der Waals surface area (Å²) in [5, 5.41) is 0. The molecule has 6 heteroatoms. The molecule has 0 aromatic carbocycles. The molecule has 0 radical (unpaired) electrons. The average molecular weight is 350 g/mol. The molecular formula is C13H24BrN3OS. The number of nitrogens with zero attached hydrogens (tertiary/aromatic N) is 2. The van der Waals surface area contributed by atoms with E-state index in [1.807, 2.05) is 18.7 Å². The van der Waals surface area contributed by atoms with E-state index in [9.17, 15) is 0 Å². The van der Waals surface area contributed by atoms with E-state index in [-0.39, 0.29) is 17.0 Å². The number of thioether (sulfide) groups is 1. The van der Waals surface area contributed by atoms with Crippen LogP contribution in [-0.4, -0.2) is 42.9 Å². The Hall–Kier alpha value is -0.360. The van der Waals surface area contributed by atoms with Gasteiger partial charge in [0.25, 0.3) is 0 Å². The fourth-order valence-electron chi connectivity index (χ4n) is 2.19. The van der Waals surface area contributed by atoms with Crippen molar-refractivity contribution in [2.75, 3.05) is 32.0 Å². The second kappa shape index (κ2) is 8.04. The first kappa shape index (κ1) is 16.7. The van der Waals surface area contributed by atoms with Gasteiger partial charge in [0, 0.05) is 23.7 Å². The predicted octanol–water partition coefficient (Wildman–Crippen LogP) is 2.61. The van der Waals surface area contributed by atoms with Crippen LogP contribution in [0.15, 0.2) is 15.7 Å². The number of hydrogen-bond acceptors (Lipinski definition) is 3. The second-order valence-electron chi connectivity index (χ2n) is 5.02. The van der Waals surface area contributed by atoms with E-state index in [4.69, 9.17) is 10.5 Å². The molecule has 2 rings (SSSR count). The number of piperidine rings is 1. The number of guanidine groups is 1. The van der Waals surface area contributed by atoms with Crippen LogP contribution in [-0.2, 0) is 4.74 Å². The van der Waals surface area contributed by atoms with Gasteiger partial charge in [-0.05, 0) is 25.7 Å². The first-order valence-electron chi connectivity index (χ1n) is 6.67. The van der Waals surface area contributed by atoms with Gasteiger partial charge in [-0.1, -0.05) is 6.92 Å². The van der Waals surface area contributed by atoms with Crippen LogP contribution in [0.5, 0.6) is 0 Å². The van der Waals surface area contributed by atoms with Crippen LogP contribution in [0.1, 0.15) is 26.7 Å². The van der Waals surface area contributed by atoms with Gasteiger partial charge >= 0.3 is 0 Å². The van der Waals surface area contributed by atoms with Crippen molar-refractivity contribution >= 4 is 34.7 Å². The maximum atomic E-state index is 6.06. The van der Waals surface area contributed by atoms with E-state index in [1.54, 1.807) is 0 Å². The molecule has 0 saturated carbocycles. The van der Waals surface area contributed by atoms with Crippen LogP contribution in [0, 0.1) is 5.92 Å². The van der Waals surface area contributed by atoms with E-state index in [2.05, 4.69) is 16.8 Å². The number of aliphatic imine (C=N–C) groups is 1. The fraction of sp³-hybridized carbons (Fsp3) is 0.769. The van der Waals surface area contributed by atoms with Crippen molar-refractivity contribution < 1.29 is 4.74 Å². The molecule has 1 fully saturated rings. The Morgan fingerprint density at radius 1 is 1.47 bits per heavy atom. The highest BCUT2D eigenvalue weighted by Gasteiger charge is 2.17. The second-order valence-corrected chi connectivity index (χ2v) is 6.21. The molecule has 19 heavy (non-hydrogen) atoms. The van der Waals surface area contributed by atoms with Crippen molar-refractivity contribution in [3.63, 3.8) is 0 Å². The zero-order valence-corrected chi connectivity index (χ0v) is 14.3. The molecule has 110 valence electrons. The lowest BCUT2D eigenvalue weighted by Crippen LogP contribution is -2.42. The molecule has 2 N–H and O–H groups in total. The Balaban J connectivity index is 0.00000180. The van der Waals surface area contributed by atoms with Gasteiger partial charge in [-0.2, -0.15) is 0 Å². The highest BCUT2D eigenvalue weighted by atomic mass is 79.9. The summed E-state index contributed by atoms with van der Waals surface area (Å²) in [6.07, 6.45) is 2.44. The van der Waals surface area contributed by atoms with Gasteiger partial charge in [-0.3, -0.25) is 0 Å². The number of ether oxygens (including phenoxy) is 1. The molecular weight excluding hydrogens is 326 g/mol. The summed E-state index contributed by atoms with van der Waals surface area (Å²) in [4.78, 5) is 7.92. The normalized spacial score (nSPS) is 22.0. The molecule has 0 atom stereocenters. The third-order valence-corrected chi connectivity index (χ3v) is 4.70. The van der Waals surface area contributed by atoms with Crippen molar-refractivity contribution in [1.29, 1.82) is 0 Å². The number of nitrogens with two attached hydrogens (primary N) is 1. The summed E-state index contributed by atoms with van der Waals surface area (Å²) in [7, 11) is 0. The number of likely N-dealkylation sites (tertiary alicyclic amines) is 1. The fourth-order valence-corrected chi connectivity index (χ4v) is 3.02. The summed E-state index contributed by atoms with van der Waals surface area (Å²) in [5.41, 5.74) is 6.06. The van der Waals surface area contributed by atoms with Crippen molar-refractivity contribution in [3.8, 4) is 0 Å². The molecule has 2 heterocycles. The Morgan fingerprint density at radius 3 is 2.79 bits per heavy atom. The van der Waals surface area contributed by atoms with Gasteiger partial charge in [-0.15, -0.1) is 28.7 Å². The highest BCUT2D eigenvalue weighted by molar-refractivity contribution is 8.93. The Kier molecular flexibility index (Phi) is 7.07. The van der Waals surface area contributed by atoms with Crippen molar-refractivity contribution in [2.45, 2.75) is 26.7 Å². The first-order valence-corrected chi connectivity index (χ1v) is 7.65. The third kappa shape index (κ3) is 4.91. The zero-order valence-electron chi connectivity index (χ0n) is 11.7. The molecule has 0 unspecified atom stereocenters. The Labute approximate surface area is 130 Å². The SMILES string of the molecule is Br.CC1=C(CN=C(N)N2CCC(C)CC2)SCCO1. The molecule has 4 nitrogen and oxygen atoms in total. The largest absolute Gasteiger partial charge is 0.496 e. The van der Waals surface area contributed by atoms with Crippen molar-refractivity contribution in [3.05, 3.63) is 10.7 Å². The van der Waals surface area contributed by atoms with Crippen LogP contribution >= 0.6 is 28.7 Å². The van der Waals surface area contributed by atoms with E-state index < -0.39 is 0 Å². The van der Waals surface area contributed by atoms with Gasteiger partial charge in [-0.25, -0.2) is 4.99 Å². The van der Waals surface area contributed by atoms with Gasteiger partial charge in [0.1, 0.15) is 5.76 Å². The Morgan fingerprint density at radius 2 is 2.16 bits per heavy atom. The highest BCUT2D eigenvalue weighted by Crippen LogP contribution is 2.25. The summed E-state index contributed by atoms with van der Waals surface area (Å²) < 4.78 is 5.52. The molecule has 0 aliphatic carbocycles. The smallest absolute Gasteiger partial charge is 0.191 e. The van der Waals surface area contributed by atoms with Crippen LogP contribution in [0.3, 0.4) is 0 Å². The van der Waals surface area contributed by atoms with E-state index >= 15 is 0 Å². The van der Waals surface area contributed by atoms with E-state index in [0.717, 1.165) is 37.1 Å². The van der Waals surface area contributed by atoms with E-state index in [0.29, 0.717) is 12.5 Å². The summed E-state index contributed by atoms with van der Waals surface area (Å²) >= 11 is 1.83. The molecule has 0 amide bonds. The van der Waals surface area contributed by atoms with Crippen LogP contribution in [0.2, 0.25) is 0 Å². The lowest BCUT2D eigenvalue weighted by atomic mass is 10.00. The minimum absolute atomic E-state index is 0. The number of hydrogen-bond donors (Lipinski definition) is 1. The van der Waals surface area contributed by atoms with Crippen LogP contribution in [0.4, 0.5) is 0 Å². The summed E-state index contributed by atoms with van der Waals surface area (Å²) in [6, 6.07) is 0. The van der Waals surface area contributed by atoms with Crippen molar-refractivity contribution in [1.82, 2.24) is 4.90 Å². The third-order valence-electron chi connectivity index (χ3n) is 3.56. The topological polar surface area (TPSA) is 50.8 Å². The van der Waals surface area contributed by atoms with Gasteiger partial charge in [0.05, 0.1) is 13.2 Å².